The largest absolute Gasteiger partial charge is 1.00 e. The third-order valence-electron chi connectivity index (χ3n) is 1.02. The van der Waals surface area contributed by atoms with Crippen LogP contribution in [0.2, 0.25) is 0 Å². The van der Waals surface area contributed by atoms with Gasteiger partial charge in [0.05, 0.1) is 5.56 Å². The van der Waals surface area contributed by atoms with Crippen LogP contribution in [-0.2, 0) is 0 Å². The van der Waals surface area contributed by atoms with Crippen molar-refractivity contribution in [2.45, 2.75) is 6.92 Å². The molecule has 0 fully saturated rings. The number of carbonyl (C=O) groups is 1. The molecule has 2 nitrogen and oxygen atoms in total. The first-order valence-corrected chi connectivity index (χ1v) is 3.30. The van der Waals surface area contributed by atoms with Gasteiger partial charge in [-0.15, -0.1) is 0 Å². The smallest absolute Gasteiger partial charge is 0.478 e. The van der Waals surface area contributed by atoms with Crippen LogP contribution in [0.1, 0.15) is 17.3 Å². The van der Waals surface area contributed by atoms with E-state index in [4.69, 9.17) is 5.11 Å². The Bertz CT molecular complexity index is 209. The number of hydrogen-bond acceptors (Lipinski definition) is 1. The van der Waals surface area contributed by atoms with E-state index in [0.29, 0.717) is 5.56 Å². The summed E-state index contributed by atoms with van der Waals surface area (Å²) >= 11 is 0. The van der Waals surface area contributed by atoms with Gasteiger partial charge < -0.3 is 12.0 Å². The molecule has 1 N–H and O–H groups in total. The van der Waals surface area contributed by atoms with Crippen LogP contribution in [-0.4, -0.2) is 11.1 Å². The average Bonchev–Trinajstić information content (AvgIpc) is 2.10. The van der Waals surface area contributed by atoms with Gasteiger partial charge in [0.2, 0.25) is 0 Å². The zero-order valence-electron chi connectivity index (χ0n) is 7.45. The molecule has 0 atom stereocenters. The molecule has 1 rings (SSSR count). The van der Waals surface area contributed by atoms with E-state index in [1.165, 1.54) is 0 Å². The molecule has 0 saturated carbocycles. The minimum Gasteiger partial charge on any atom is -0.478 e. The van der Waals surface area contributed by atoms with Gasteiger partial charge in [-0.2, -0.15) is 6.92 Å². The molecular formula is C9H11NaO2. The molecule has 0 unspecified atom stereocenters. The minimum atomic E-state index is -0.879. The number of rotatable bonds is 1. The fourth-order valence-electron chi connectivity index (χ4n) is 0.581. The average molecular weight is 174 g/mol. The van der Waals surface area contributed by atoms with Crippen molar-refractivity contribution in [3.05, 3.63) is 42.8 Å². The number of aromatic carboxylic acids is 1. The molecule has 0 saturated heterocycles. The van der Waals surface area contributed by atoms with Gasteiger partial charge in [-0.3, -0.25) is 0 Å². The van der Waals surface area contributed by atoms with Gasteiger partial charge >= 0.3 is 35.5 Å². The summed E-state index contributed by atoms with van der Waals surface area (Å²) in [4.78, 5) is 10.2. The second-order valence-electron chi connectivity index (χ2n) is 1.67. The molecule has 1 aromatic rings. The molecule has 0 amide bonds. The number of carboxylic acids is 1. The number of carboxylic acid groups (broad SMARTS) is 1. The topological polar surface area (TPSA) is 37.3 Å². The van der Waals surface area contributed by atoms with Gasteiger partial charge in [0.1, 0.15) is 0 Å². The van der Waals surface area contributed by atoms with E-state index >= 15 is 0 Å². The van der Waals surface area contributed by atoms with Gasteiger partial charge in [0, 0.05) is 0 Å². The summed E-state index contributed by atoms with van der Waals surface area (Å²) < 4.78 is 0. The molecule has 0 bridgehead atoms. The van der Waals surface area contributed by atoms with E-state index < -0.39 is 5.97 Å². The molecular weight excluding hydrogens is 163 g/mol. The van der Waals surface area contributed by atoms with E-state index in [1.807, 2.05) is 0 Å². The van der Waals surface area contributed by atoms with Crippen molar-refractivity contribution >= 4 is 5.97 Å². The monoisotopic (exact) mass is 174 g/mol. The van der Waals surface area contributed by atoms with Crippen molar-refractivity contribution in [1.82, 2.24) is 0 Å². The van der Waals surface area contributed by atoms with Gasteiger partial charge in [-0.1, -0.05) is 18.2 Å². The van der Waals surface area contributed by atoms with Gasteiger partial charge in [0.15, 0.2) is 0 Å². The fraction of sp³-hybridized carbons (Fsp3) is 0.111. The summed E-state index contributed by atoms with van der Waals surface area (Å²) in [6.45, 7) is 5.00. The van der Waals surface area contributed by atoms with E-state index in [-0.39, 0.29) is 29.6 Å². The summed E-state index contributed by atoms with van der Waals surface area (Å²) in [6, 6.07) is 8.30. The SMILES string of the molecule is O=C(O)c1ccccc1.[CH2-]C.[Na+]. The molecule has 60 valence electrons. The Balaban J connectivity index is 0. The standard InChI is InChI=1S/C7H6O2.C2H5.Na/c8-7(9)6-4-2-1-3-5-6;1-2;/h1-5H,(H,8,9);1H2,2H3;/q;-1;+1. The Kier molecular flexibility index (Phi) is 10.4. The van der Waals surface area contributed by atoms with Crippen molar-refractivity contribution in [1.29, 1.82) is 0 Å². The van der Waals surface area contributed by atoms with Gasteiger partial charge in [-0.25, -0.2) is 4.79 Å². The normalized spacial score (nSPS) is 7.17. The molecule has 0 aliphatic rings. The second kappa shape index (κ2) is 8.78. The van der Waals surface area contributed by atoms with Crippen molar-refractivity contribution < 1.29 is 39.5 Å². The van der Waals surface area contributed by atoms with Crippen molar-refractivity contribution in [3.63, 3.8) is 0 Å². The zero-order chi connectivity index (χ0) is 8.69. The van der Waals surface area contributed by atoms with Crippen LogP contribution in [0.4, 0.5) is 0 Å². The van der Waals surface area contributed by atoms with Gasteiger partial charge in [0.25, 0.3) is 0 Å². The van der Waals surface area contributed by atoms with E-state index in [0.717, 1.165) is 0 Å². The molecule has 1 aromatic carbocycles. The van der Waals surface area contributed by atoms with Crippen LogP contribution < -0.4 is 29.6 Å². The number of hydrogen-bond donors (Lipinski definition) is 1. The van der Waals surface area contributed by atoms with Crippen molar-refractivity contribution in [2.75, 3.05) is 0 Å². The predicted octanol–water partition coefficient (Wildman–Crippen LogP) is -0.771. The Morgan fingerprint density at radius 2 is 1.67 bits per heavy atom. The quantitative estimate of drug-likeness (QED) is 0.448. The number of benzene rings is 1. The maximum absolute atomic E-state index is 10.2. The molecule has 3 heteroatoms. The van der Waals surface area contributed by atoms with Crippen LogP contribution in [0.3, 0.4) is 0 Å². The van der Waals surface area contributed by atoms with Crippen LogP contribution >= 0.6 is 0 Å². The molecule has 0 spiro atoms. The first-order valence-electron chi connectivity index (χ1n) is 3.30. The molecule has 0 aromatic heterocycles. The first kappa shape index (κ1) is 14.2. The van der Waals surface area contributed by atoms with E-state index in [9.17, 15) is 4.79 Å². The van der Waals surface area contributed by atoms with Crippen LogP contribution in [0.5, 0.6) is 0 Å². The maximum atomic E-state index is 10.2. The summed E-state index contributed by atoms with van der Waals surface area (Å²) in [5.74, 6) is -0.879. The maximum Gasteiger partial charge on any atom is 1.00 e. The predicted molar refractivity (Wildman–Crippen MR) is 44.4 cm³/mol. The third kappa shape index (κ3) is 5.35. The Labute approximate surface area is 94.9 Å². The van der Waals surface area contributed by atoms with Crippen LogP contribution in [0, 0.1) is 6.92 Å². The molecule has 0 heterocycles. The van der Waals surface area contributed by atoms with E-state index in [1.54, 1.807) is 37.3 Å². The summed E-state index contributed by atoms with van der Waals surface area (Å²) in [5.41, 5.74) is 0.331. The Morgan fingerprint density at radius 3 is 1.92 bits per heavy atom. The minimum absolute atomic E-state index is 0. The molecule has 12 heavy (non-hydrogen) atoms. The molecule has 0 aliphatic carbocycles. The van der Waals surface area contributed by atoms with Gasteiger partial charge in [-0.05, 0) is 12.1 Å². The summed E-state index contributed by atoms with van der Waals surface area (Å²) in [6.07, 6.45) is 0. The summed E-state index contributed by atoms with van der Waals surface area (Å²) in [7, 11) is 0. The zero-order valence-corrected chi connectivity index (χ0v) is 9.45. The Morgan fingerprint density at radius 1 is 1.25 bits per heavy atom. The van der Waals surface area contributed by atoms with E-state index in [2.05, 4.69) is 6.92 Å². The fourth-order valence-corrected chi connectivity index (χ4v) is 0.581. The van der Waals surface area contributed by atoms with Crippen LogP contribution in [0.25, 0.3) is 0 Å². The van der Waals surface area contributed by atoms with Crippen molar-refractivity contribution in [3.8, 4) is 0 Å². The summed E-state index contributed by atoms with van der Waals surface area (Å²) in [5, 5.41) is 8.38. The Hall–Kier alpha value is -0.310. The van der Waals surface area contributed by atoms with Crippen LogP contribution in [0.15, 0.2) is 30.3 Å². The van der Waals surface area contributed by atoms with Crippen molar-refractivity contribution in [2.24, 2.45) is 0 Å². The first-order chi connectivity index (χ1) is 5.30. The molecule has 0 radical (unpaired) electrons. The molecule has 0 aliphatic heterocycles. The second-order valence-corrected chi connectivity index (χ2v) is 1.67. The third-order valence-corrected chi connectivity index (χ3v) is 1.02.